The fourth-order valence-corrected chi connectivity index (χ4v) is 5.50. The number of carbonyl (C=O) groups excluding carboxylic acids is 2. The summed E-state index contributed by atoms with van der Waals surface area (Å²) in [5.74, 6) is -0.454. The molecule has 8 heteroatoms. The normalized spacial score (nSPS) is 14.9. The molecule has 1 aliphatic rings. The van der Waals surface area contributed by atoms with Crippen molar-refractivity contribution in [1.82, 2.24) is 0 Å². The second kappa shape index (κ2) is 13.4. The van der Waals surface area contributed by atoms with Crippen LogP contribution in [-0.2, 0) is 16.1 Å². The summed E-state index contributed by atoms with van der Waals surface area (Å²) >= 11 is 1.03. The highest BCUT2D eigenvalue weighted by Crippen LogP contribution is 2.40. The standard InChI is InChI=1S/C35H31NO6S/c1-4-40-29-19-23(13-17-28(29)42-21-24-12-16-25-8-6-7-9-27(25)18-24)20-30-32(37)31(35(39)41-5-2)34(43-30)36-33(38)26-14-10-22(3)11-15-26/h6-20,37H,4-5,21H2,1-3H3/b30-20-,36-34?. The first kappa shape index (κ1) is 29.7. The quantitative estimate of drug-likeness (QED) is 0.198. The van der Waals surface area contributed by atoms with Gasteiger partial charge in [0.25, 0.3) is 5.91 Å². The van der Waals surface area contributed by atoms with E-state index >= 15 is 0 Å². The Balaban J connectivity index is 1.41. The number of aliphatic imine (C=N–C) groups is 1. The maximum absolute atomic E-state index is 12.9. The molecule has 0 atom stereocenters. The molecule has 0 saturated heterocycles. The smallest absolute Gasteiger partial charge is 0.344 e. The lowest BCUT2D eigenvalue weighted by Crippen LogP contribution is -2.14. The van der Waals surface area contributed by atoms with Crippen LogP contribution in [0.25, 0.3) is 16.8 Å². The van der Waals surface area contributed by atoms with Gasteiger partial charge in [-0.1, -0.05) is 71.9 Å². The summed E-state index contributed by atoms with van der Waals surface area (Å²) in [6.45, 7) is 6.38. The van der Waals surface area contributed by atoms with Crippen molar-refractivity contribution in [2.75, 3.05) is 13.2 Å². The summed E-state index contributed by atoms with van der Waals surface area (Å²) in [6.07, 6.45) is 1.70. The number of amides is 1. The predicted octanol–water partition coefficient (Wildman–Crippen LogP) is 7.83. The summed E-state index contributed by atoms with van der Waals surface area (Å²) in [7, 11) is 0. The van der Waals surface area contributed by atoms with Crippen LogP contribution in [0.5, 0.6) is 11.5 Å². The lowest BCUT2D eigenvalue weighted by atomic mass is 10.1. The summed E-state index contributed by atoms with van der Waals surface area (Å²) in [5, 5.41) is 13.4. The Morgan fingerprint density at radius 2 is 1.63 bits per heavy atom. The van der Waals surface area contributed by atoms with E-state index < -0.39 is 11.9 Å². The molecule has 0 spiro atoms. The Labute approximate surface area is 254 Å². The Morgan fingerprint density at radius 1 is 0.860 bits per heavy atom. The van der Waals surface area contributed by atoms with E-state index in [1.54, 1.807) is 37.3 Å². The van der Waals surface area contributed by atoms with Gasteiger partial charge in [0.1, 0.15) is 23.0 Å². The fraction of sp³-hybridized carbons (Fsp3) is 0.171. The average Bonchev–Trinajstić information content (AvgIpc) is 3.31. The van der Waals surface area contributed by atoms with E-state index in [0.29, 0.717) is 40.7 Å². The van der Waals surface area contributed by atoms with E-state index in [1.165, 1.54) is 5.39 Å². The third kappa shape index (κ3) is 6.98. The van der Waals surface area contributed by atoms with E-state index in [-0.39, 0.29) is 23.0 Å². The molecule has 0 aliphatic carbocycles. The number of hydrogen-bond acceptors (Lipinski definition) is 7. The number of aliphatic hydroxyl groups is 1. The minimum Gasteiger partial charge on any atom is -0.506 e. The molecule has 1 aliphatic heterocycles. The van der Waals surface area contributed by atoms with Crippen molar-refractivity contribution >= 4 is 45.5 Å². The van der Waals surface area contributed by atoms with Gasteiger partial charge in [-0.05, 0) is 79.1 Å². The molecule has 0 radical (unpaired) electrons. The van der Waals surface area contributed by atoms with Crippen LogP contribution in [0, 0.1) is 6.92 Å². The average molecular weight is 594 g/mol. The van der Waals surface area contributed by atoms with Gasteiger partial charge in [0.05, 0.1) is 18.1 Å². The number of fused-ring (bicyclic) bond motifs is 1. The summed E-state index contributed by atoms with van der Waals surface area (Å²) in [5.41, 5.74) is 2.97. The predicted molar refractivity (Wildman–Crippen MR) is 171 cm³/mol. The molecule has 0 aromatic heterocycles. The lowest BCUT2D eigenvalue weighted by molar-refractivity contribution is -0.138. The third-order valence-electron chi connectivity index (χ3n) is 6.65. The third-order valence-corrected chi connectivity index (χ3v) is 7.67. The number of aryl methyl sites for hydroxylation is 1. The maximum Gasteiger partial charge on any atom is 0.344 e. The van der Waals surface area contributed by atoms with Crippen molar-refractivity contribution < 1.29 is 28.9 Å². The van der Waals surface area contributed by atoms with Crippen LogP contribution >= 0.6 is 11.8 Å². The number of ether oxygens (including phenoxy) is 3. The van der Waals surface area contributed by atoms with Gasteiger partial charge in [-0.3, -0.25) is 4.79 Å². The van der Waals surface area contributed by atoms with Crippen LogP contribution in [0.3, 0.4) is 0 Å². The molecular weight excluding hydrogens is 562 g/mol. The molecule has 0 fully saturated rings. The molecule has 1 heterocycles. The zero-order valence-corrected chi connectivity index (χ0v) is 24.9. The number of esters is 1. The first-order valence-electron chi connectivity index (χ1n) is 13.9. The number of benzene rings is 4. The molecule has 43 heavy (non-hydrogen) atoms. The molecule has 0 unspecified atom stereocenters. The molecule has 0 bridgehead atoms. The van der Waals surface area contributed by atoms with Gasteiger partial charge >= 0.3 is 5.97 Å². The lowest BCUT2D eigenvalue weighted by Gasteiger charge is -2.13. The second-order valence-corrected chi connectivity index (χ2v) is 10.8. The highest BCUT2D eigenvalue weighted by atomic mass is 32.2. The Bertz CT molecular complexity index is 1770. The number of carbonyl (C=O) groups is 2. The van der Waals surface area contributed by atoms with E-state index in [1.807, 2.05) is 50.2 Å². The van der Waals surface area contributed by atoms with Gasteiger partial charge < -0.3 is 19.3 Å². The van der Waals surface area contributed by atoms with E-state index in [9.17, 15) is 14.7 Å². The van der Waals surface area contributed by atoms with Crippen LogP contribution in [0.1, 0.15) is 40.9 Å². The second-order valence-electron chi connectivity index (χ2n) is 9.75. The van der Waals surface area contributed by atoms with E-state index in [0.717, 1.165) is 28.3 Å². The molecule has 1 N–H and O–H groups in total. The minimum atomic E-state index is -0.751. The molecule has 4 aromatic rings. The molecule has 7 nitrogen and oxygen atoms in total. The first-order chi connectivity index (χ1) is 20.9. The van der Waals surface area contributed by atoms with E-state index in [4.69, 9.17) is 14.2 Å². The first-order valence-corrected chi connectivity index (χ1v) is 14.8. The van der Waals surface area contributed by atoms with Crippen molar-refractivity contribution in [2.24, 2.45) is 4.99 Å². The van der Waals surface area contributed by atoms with Crippen LogP contribution in [0.4, 0.5) is 0 Å². The molecule has 0 saturated carbocycles. The Kier molecular flexibility index (Phi) is 9.27. The molecule has 4 aromatic carbocycles. The largest absolute Gasteiger partial charge is 0.506 e. The maximum atomic E-state index is 12.9. The SMILES string of the molecule is CCOC(=O)C1=C(O)/C(=C/c2ccc(OCc3ccc4ccccc4c3)c(OCC)c2)SC1=NC(=O)c1ccc(C)cc1. The van der Waals surface area contributed by atoms with Gasteiger partial charge in [0.2, 0.25) is 0 Å². The Hall–Kier alpha value is -4.82. The topological polar surface area (TPSA) is 94.4 Å². The number of aliphatic hydroxyl groups excluding tert-OH is 1. The zero-order valence-electron chi connectivity index (χ0n) is 24.1. The summed E-state index contributed by atoms with van der Waals surface area (Å²) in [6, 6.07) is 26.8. The van der Waals surface area contributed by atoms with Crippen molar-refractivity contribution in [1.29, 1.82) is 0 Å². The zero-order chi connectivity index (χ0) is 30.3. The number of thioether (sulfide) groups is 1. The highest BCUT2D eigenvalue weighted by molar-refractivity contribution is 8.18. The van der Waals surface area contributed by atoms with Crippen molar-refractivity contribution in [3.05, 3.63) is 123 Å². The van der Waals surface area contributed by atoms with Gasteiger partial charge in [-0.25, -0.2) is 9.79 Å². The van der Waals surface area contributed by atoms with Crippen LogP contribution in [0.15, 0.2) is 106 Å². The van der Waals surface area contributed by atoms with E-state index in [2.05, 4.69) is 29.3 Å². The van der Waals surface area contributed by atoms with Crippen molar-refractivity contribution in [3.8, 4) is 11.5 Å². The molecule has 1 amide bonds. The monoisotopic (exact) mass is 593 g/mol. The minimum absolute atomic E-state index is 0.0770. The van der Waals surface area contributed by atoms with Crippen molar-refractivity contribution in [2.45, 2.75) is 27.4 Å². The Morgan fingerprint density at radius 3 is 2.37 bits per heavy atom. The summed E-state index contributed by atoms with van der Waals surface area (Å²) in [4.78, 5) is 30.2. The van der Waals surface area contributed by atoms with Crippen LogP contribution < -0.4 is 9.47 Å². The highest BCUT2D eigenvalue weighted by Gasteiger charge is 2.34. The number of hydrogen-bond donors (Lipinski definition) is 1. The molecular formula is C35H31NO6S. The van der Waals surface area contributed by atoms with Crippen LogP contribution in [-0.4, -0.2) is 35.2 Å². The number of rotatable bonds is 9. The fourth-order valence-electron chi connectivity index (χ4n) is 4.49. The number of nitrogens with zero attached hydrogens (tertiary/aromatic N) is 1. The van der Waals surface area contributed by atoms with Gasteiger partial charge in [0, 0.05) is 5.56 Å². The summed E-state index contributed by atoms with van der Waals surface area (Å²) < 4.78 is 17.2. The van der Waals surface area contributed by atoms with Crippen LogP contribution in [0.2, 0.25) is 0 Å². The molecule has 5 rings (SSSR count). The molecule has 218 valence electrons. The van der Waals surface area contributed by atoms with Crippen molar-refractivity contribution in [3.63, 3.8) is 0 Å². The van der Waals surface area contributed by atoms with Gasteiger partial charge in [-0.15, -0.1) is 0 Å². The van der Waals surface area contributed by atoms with Gasteiger partial charge in [-0.2, -0.15) is 0 Å². The van der Waals surface area contributed by atoms with Gasteiger partial charge in [0.15, 0.2) is 11.5 Å².